The van der Waals surface area contributed by atoms with Gasteiger partial charge in [0.2, 0.25) is 0 Å². The molecule has 5 nitrogen and oxygen atoms in total. The van der Waals surface area contributed by atoms with Gasteiger partial charge in [0, 0.05) is 26.1 Å². The fourth-order valence-corrected chi connectivity index (χ4v) is 3.13. The molecule has 0 aromatic carbocycles. The molecule has 1 aliphatic carbocycles. The van der Waals surface area contributed by atoms with Gasteiger partial charge in [0.15, 0.2) is 0 Å². The average molecular weight is 304 g/mol. The molecule has 1 saturated carbocycles. The number of ether oxygens (including phenoxy) is 1. The van der Waals surface area contributed by atoms with E-state index in [1.54, 1.807) is 12.6 Å². The quantitative estimate of drug-likeness (QED) is 0.876. The zero-order valence-corrected chi connectivity index (χ0v) is 12.4. The molecule has 1 aliphatic heterocycles. The minimum atomic E-state index is -0.00449. The van der Waals surface area contributed by atoms with E-state index < -0.39 is 0 Å². The van der Waals surface area contributed by atoms with Gasteiger partial charge in [-0.1, -0.05) is 0 Å². The summed E-state index contributed by atoms with van der Waals surface area (Å²) in [6, 6.07) is 0.0525. The fraction of sp³-hybridized carbons (Fsp3) is 0.667. The Balaban J connectivity index is 0.00000133. The summed E-state index contributed by atoms with van der Waals surface area (Å²) in [7, 11) is 1.68. The number of nitrogens with zero attached hydrogens (tertiary/aromatic N) is 1. The molecule has 1 aromatic heterocycles. The molecule has 2 unspecified atom stereocenters. The highest BCUT2D eigenvalue weighted by atomic mass is 35.5. The van der Waals surface area contributed by atoms with Crippen LogP contribution in [0.25, 0.3) is 0 Å². The first kappa shape index (κ1) is 14.7. The Morgan fingerprint density at radius 1 is 1.53 bits per heavy atom. The highest BCUT2D eigenvalue weighted by Crippen LogP contribution is 2.41. The molecule has 7 heteroatoms. The highest BCUT2D eigenvalue weighted by molar-refractivity contribution is 7.11. The molecule has 106 valence electrons. The normalized spacial score (nSPS) is 25.9. The van der Waals surface area contributed by atoms with E-state index in [4.69, 9.17) is 4.74 Å². The number of methoxy groups -OCH3 is 1. The summed E-state index contributed by atoms with van der Waals surface area (Å²) in [6.45, 7) is 1.56. The van der Waals surface area contributed by atoms with Crippen molar-refractivity contribution in [1.82, 2.24) is 15.6 Å². The van der Waals surface area contributed by atoms with E-state index in [1.807, 2.05) is 0 Å². The summed E-state index contributed by atoms with van der Waals surface area (Å²) in [4.78, 5) is 17.4. The van der Waals surface area contributed by atoms with Crippen LogP contribution in [0.5, 0.6) is 0 Å². The van der Waals surface area contributed by atoms with Gasteiger partial charge in [0.25, 0.3) is 5.91 Å². The molecule has 3 rings (SSSR count). The van der Waals surface area contributed by atoms with Gasteiger partial charge in [-0.2, -0.15) is 0 Å². The molecule has 2 aliphatic rings. The topological polar surface area (TPSA) is 63.2 Å². The Labute approximate surface area is 122 Å². The Morgan fingerprint density at radius 2 is 2.32 bits per heavy atom. The van der Waals surface area contributed by atoms with Crippen molar-refractivity contribution in [2.24, 2.45) is 0 Å². The number of nitrogens with one attached hydrogen (secondary N) is 2. The molecule has 2 atom stereocenters. The van der Waals surface area contributed by atoms with Crippen molar-refractivity contribution in [2.75, 3.05) is 20.2 Å². The van der Waals surface area contributed by atoms with Crippen LogP contribution in [-0.2, 0) is 4.74 Å². The van der Waals surface area contributed by atoms with Crippen molar-refractivity contribution in [3.63, 3.8) is 0 Å². The lowest BCUT2D eigenvalue weighted by Gasteiger charge is -2.18. The first-order chi connectivity index (χ1) is 8.79. The second kappa shape index (κ2) is 6.17. The van der Waals surface area contributed by atoms with Crippen molar-refractivity contribution in [2.45, 2.75) is 30.9 Å². The molecular weight excluding hydrogens is 286 g/mol. The first-order valence-electron chi connectivity index (χ1n) is 6.27. The van der Waals surface area contributed by atoms with Crippen molar-refractivity contribution in [3.05, 3.63) is 16.1 Å². The lowest BCUT2D eigenvalue weighted by atomic mass is 10.2. The predicted molar refractivity (Wildman–Crippen MR) is 76.3 cm³/mol. The van der Waals surface area contributed by atoms with Crippen LogP contribution in [0.4, 0.5) is 0 Å². The van der Waals surface area contributed by atoms with Crippen LogP contribution in [0.2, 0.25) is 0 Å². The van der Waals surface area contributed by atoms with Gasteiger partial charge in [-0.05, 0) is 12.8 Å². The summed E-state index contributed by atoms with van der Waals surface area (Å²) in [5.74, 6) is 0.507. The molecule has 2 N–H and O–H groups in total. The third-order valence-electron chi connectivity index (χ3n) is 3.54. The number of amides is 1. The van der Waals surface area contributed by atoms with Crippen LogP contribution in [0.3, 0.4) is 0 Å². The zero-order valence-electron chi connectivity index (χ0n) is 10.7. The number of carbonyl (C=O) groups excluding carboxylic acids is 1. The van der Waals surface area contributed by atoms with Gasteiger partial charge in [-0.25, -0.2) is 4.98 Å². The van der Waals surface area contributed by atoms with E-state index in [1.165, 1.54) is 11.3 Å². The summed E-state index contributed by atoms with van der Waals surface area (Å²) in [6.07, 6.45) is 2.39. The molecular formula is C12H18ClN3O2S. The van der Waals surface area contributed by atoms with Crippen LogP contribution in [0.15, 0.2) is 5.51 Å². The third-order valence-corrected chi connectivity index (χ3v) is 4.38. The average Bonchev–Trinajstić information content (AvgIpc) is 2.93. The van der Waals surface area contributed by atoms with Crippen LogP contribution >= 0.6 is 23.7 Å². The van der Waals surface area contributed by atoms with Crippen LogP contribution in [-0.4, -0.2) is 43.2 Å². The van der Waals surface area contributed by atoms with Gasteiger partial charge in [0.05, 0.1) is 23.4 Å². The summed E-state index contributed by atoms with van der Waals surface area (Å²) < 4.78 is 5.34. The maximum Gasteiger partial charge on any atom is 0.263 e. The molecule has 0 radical (unpaired) electrons. The summed E-state index contributed by atoms with van der Waals surface area (Å²) in [5, 5.41) is 6.27. The van der Waals surface area contributed by atoms with Gasteiger partial charge in [-0.3, -0.25) is 4.79 Å². The Bertz CT molecular complexity index is 450. The second-order valence-corrected chi connectivity index (χ2v) is 5.71. The maximum atomic E-state index is 12.3. The second-order valence-electron chi connectivity index (χ2n) is 4.85. The van der Waals surface area contributed by atoms with Crippen molar-refractivity contribution < 1.29 is 9.53 Å². The maximum absolute atomic E-state index is 12.3. The molecule has 1 aromatic rings. The van der Waals surface area contributed by atoms with Crippen LogP contribution in [0.1, 0.15) is 34.1 Å². The monoisotopic (exact) mass is 303 g/mol. The van der Waals surface area contributed by atoms with Crippen molar-refractivity contribution in [1.29, 1.82) is 0 Å². The largest absolute Gasteiger partial charge is 0.378 e. The Morgan fingerprint density at radius 3 is 3.00 bits per heavy atom. The summed E-state index contributed by atoms with van der Waals surface area (Å²) in [5.41, 5.74) is 2.75. The van der Waals surface area contributed by atoms with Crippen molar-refractivity contribution in [3.8, 4) is 0 Å². The smallest absolute Gasteiger partial charge is 0.263 e. The van der Waals surface area contributed by atoms with Gasteiger partial charge in [0.1, 0.15) is 4.88 Å². The molecule has 2 fully saturated rings. The highest BCUT2D eigenvalue weighted by Gasteiger charge is 2.33. The number of halogens is 1. The minimum Gasteiger partial charge on any atom is -0.378 e. The Kier molecular flexibility index (Phi) is 4.78. The molecule has 0 bridgehead atoms. The summed E-state index contributed by atoms with van der Waals surface area (Å²) >= 11 is 1.43. The number of hydrogen-bond donors (Lipinski definition) is 2. The van der Waals surface area contributed by atoms with E-state index in [9.17, 15) is 4.79 Å². The molecule has 19 heavy (non-hydrogen) atoms. The lowest BCUT2D eigenvalue weighted by Crippen LogP contribution is -2.43. The molecule has 1 amide bonds. The van der Waals surface area contributed by atoms with Gasteiger partial charge in [-0.15, -0.1) is 23.7 Å². The molecule has 2 heterocycles. The number of rotatable bonds is 4. The number of hydrogen-bond acceptors (Lipinski definition) is 5. The lowest BCUT2D eigenvalue weighted by molar-refractivity contribution is 0.0782. The zero-order chi connectivity index (χ0) is 12.5. The van der Waals surface area contributed by atoms with E-state index >= 15 is 0 Å². The van der Waals surface area contributed by atoms with E-state index in [2.05, 4.69) is 15.6 Å². The third kappa shape index (κ3) is 3.08. The standard InChI is InChI=1S/C12H17N3O2S.ClH/c1-17-9-5-13-4-8(9)15-12(16)11-10(7-2-3-7)14-6-18-11;/h6-9,13H,2-5H2,1H3,(H,15,16);1H. The first-order valence-corrected chi connectivity index (χ1v) is 7.15. The number of thiazole rings is 1. The fourth-order valence-electron chi connectivity index (χ4n) is 2.35. The Hall–Kier alpha value is -0.690. The van der Waals surface area contributed by atoms with Crippen molar-refractivity contribution >= 4 is 29.7 Å². The van der Waals surface area contributed by atoms with E-state index in [0.29, 0.717) is 5.92 Å². The SMILES string of the molecule is COC1CNCC1NC(=O)c1scnc1C1CC1.Cl. The van der Waals surface area contributed by atoms with Gasteiger partial charge < -0.3 is 15.4 Å². The molecule has 1 saturated heterocycles. The predicted octanol–water partition coefficient (Wildman–Crippen LogP) is 1.16. The van der Waals surface area contributed by atoms with E-state index in [-0.39, 0.29) is 30.5 Å². The van der Waals surface area contributed by atoms with Gasteiger partial charge >= 0.3 is 0 Å². The minimum absolute atomic E-state index is 0. The number of aromatic nitrogens is 1. The van der Waals surface area contributed by atoms with Crippen LogP contribution < -0.4 is 10.6 Å². The number of carbonyl (C=O) groups is 1. The van der Waals surface area contributed by atoms with Crippen LogP contribution in [0, 0.1) is 0 Å². The van der Waals surface area contributed by atoms with E-state index in [0.717, 1.165) is 36.5 Å². The molecule has 0 spiro atoms.